The number of benzene rings is 1. The van der Waals surface area contributed by atoms with Gasteiger partial charge >= 0.3 is 0 Å². The molecule has 0 saturated carbocycles. The molecule has 1 fully saturated rings. The normalized spacial score (nSPS) is 16.8. The maximum absolute atomic E-state index is 11.8. The third-order valence-corrected chi connectivity index (χ3v) is 3.44. The SMILES string of the molecule is CC(=O)/C(=C\c1ccc(C)cc1)N1CCCCC1. The van der Waals surface area contributed by atoms with Gasteiger partial charge in [-0.05, 0) is 37.8 Å². The minimum absolute atomic E-state index is 0.164. The van der Waals surface area contributed by atoms with Crippen molar-refractivity contribution in [2.45, 2.75) is 33.1 Å². The van der Waals surface area contributed by atoms with Crippen LogP contribution in [-0.4, -0.2) is 23.8 Å². The molecule has 0 aliphatic carbocycles. The fourth-order valence-electron chi connectivity index (χ4n) is 2.37. The van der Waals surface area contributed by atoms with Gasteiger partial charge < -0.3 is 4.90 Å². The number of carbonyl (C=O) groups is 1. The quantitative estimate of drug-likeness (QED) is 0.758. The van der Waals surface area contributed by atoms with Crippen LogP contribution in [-0.2, 0) is 4.79 Å². The second-order valence-electron chi connectivity index (χ2n) is 5.04. The van der Waals surface area contributed by atoms with Crippen molar-refractivity contribution in [3.8, 4) is 0 Å². The molecule has 0 amide bonds. The Hall–Kier alpha value is -1.57. The highest BCUT2D eigenvalue weighted by atomic mass is 16.1. The summed E-state index contributed by atoms with van der Waals surface area (Å²) in [6.45, 7) is 5.76. The van der Waals surface area contributed by atoms with Gasteiger partial charge in [0.1, 0.15) is 0 Å². The van der Waals surface area contributed by atoms with E-state index in [1.54, 1.807) is 6.92 Å². The smallest absolute Gasteiger partial charge is 0.175 e. The summed E-state index contributed by atoms with van der Waals surface area (Å²) in [6, 6.07) is 8.31. The Morgan fingerprint density at radius 3 is 2.28 bits per heavy atom. The first-order valence-corrected chi connectivity index (χ1v) is 6.71. The zero-order chi connectivity index (χ0) is 13.0. The van der Waals surface area contributed by atoms with Crippen molar-refractivity contribution < 1.29 is 4.79 Å². The molecular formula is C16H21NO. The Kier molecular flexibility index (Phi) is 4.19. The highest BCUT2D eigenvalue weighted by Crippen LogP contribution is 2.18. The lowest BCUT2D eigenvalue weighted by molar-refractivity contribution is -0.115. The molecule has 0 aromatic heterocycles. The summed E-state index contributed by atoms with van der Waals surface area (Å²) in [5, 5.41) is 0. The Labute approximate surface area is 109 Å². The number of rotatable bonds is 3. The number of Topliss-reactive ketones (excluding diaryl/α,β-unsaturated/α-hetero) is 1. The molecule has 0 unspecified atom stereocenters. The van der Waals surface area contributed by atoms with Gasteiger partial charge in [-0.3, -0.25) is 4.79 Å². The zero-order valence-corrected chi connectivity index (χ0v) is 11.3. The molecule has 96 valence electrons. The number of nitrogens with zero attached hydrogens (tertiary/aromatic N) is 1. The van der Waals surface area contributed by atoms with Gasteiger partial charge in [-0.25, -0.2) is 0 Å². The van der Waals surface area contributed by atoms with Gasteiger partial charge in [-0.15, -0.1) is 0 Å². The third kappa shape index (κ3) is 3.22. The van der Waals surface area contributed by atoms with Crippen LogP contribution in [0.3, 0.4) is 0 Å². The summed E-state index contributed by atoms with van der Waals surface area (Å²) < 4.78 is 0. The van der Waals surface area contributed by atoms with E-state index in [0.29, 0.717) is 0 Å². The molecule has 18 heavy (non-hydrogen) atoms. The van der Waals surface area contributed by atoms with E-state index in [4.69, 9.17) is 0 Å². The van der Waals surface area contributed by atoms with E-state index >= 15 is 0 Å². The maximum atomic E-state index is 11.8. The number of ketones is 1. The number of aryl methyl sites for hydroxylation is 1. The van der Waals surface area contributed by atoms with Crippen LogP contribution in [0, 0.1) is 6.92 Å². The Bertz CT molecular complexity index is 439. The van der Waals surface area contributed by atoms with Crippen molar-refractivity contribution in [1.82, 2.24) is 4.90 Å². The Morgan fingerprint density at radius 2 is 1.72 bits per heavy atom. The molecule has 2 nitrogen and oxygen atoms in total. The van der Waals surface area contributed by atoms with Gasteiger partial charge in [0.2, 0.25) is 0 Å². The molecule has 0 atom stereocenters. The van der Waals surface area contributed by atoms with Crippen molar-refractivity contribution in [1.29, 1.82) is 0 Å². The molecule has 1 aromatic carbocycles. The van der Waals surface area contributed by atoms with Crippen molar-refractivity contribution in [2.24, 2.45) is 0 Å². The Morgan fingerprint density at radius 1 is 1.11 bits per heavy atom. The number of allylic oxidation sites excluding steroid dienone is 1. The third-order valence-electron chi connectivity index (χ3n) is 3.44. The van der Waals surface area contributed by atoms with Crippen LogP contribution in [0.2, 0.25) is 0 Å². The van der Waals surface area contributed by atoms with Gasteiger partial charge in [0, 0.05) is 20.0 Å². The molecule has 0 N–H and O–H groups in total. The molecule has 1 heterocycles. The van der Waals surface area contributed by atoms with Crippen LogP contribution in [0.25, 0.3) is 6.08 Å². The van der Waals surface area contributed by atoms with Crippen molar-refractivity contribution in [2.75, 3.05) is 13.1 Å². The monoisotopic (exact) mass is 243 g/mol. The molecule has 0 radical (unpaired) electrons. The van der Waals surface area contributed by atoms with Crippen LogP contribution in [0.5, 0.6) is 0 Å². The molecule has 1 aliphatic heterocycles. The second kappa shape index (κ2) is 5.85. The van der Waals surface area contributed by atoms with E-state index in [9.17, 15) is 4.79 Å². The molecule has 1 saturated heterocycles. The first-order valence-electron chi connectivity index (χ1n) is 6.71. The largest absolute Gasteiger partial charge is 0.369 e. The van der Waals surface area contributed by atoms with E-state index in [1.807, 2.05) is 6.08 Å². The van der Waals surface area contributed by atoms with E-state index in [2.05, 4.69) is 36.1 Å². The van der Waals surface area contributed by atoms with E-state index < -0.39 is 0 Å². The summed E-state index contributed by atoms with van der Waals surface area (Å²) in [5.41, 5.74) is 3.21. The average Bonchev–Trinajstić information content (AvgIpc) is 2.38. The maximum Gasteiger partial charge on any atom is 0.175 e. The molecule has 2 rings (SSSR count). The van der Waals surface area contributed by atoms with E-state index in [-0.39, 0.29) is 5.78 Å². The fraction of sp³-hybridized carbons (Fsp3) is 0.438. The number of carbonyl (C=O) groups excluding carboxylic acids is 1. The first-order chi connectivity index (χ1) is 8.66. The summed E-state index contributed by atoms with van der Waals surface area (Å²) in [7, 11) is 0. The molecule has 0 spiro atoms. The minimum Gasteiger partial charge on any atom is -0.369 e. The predicted molar refractivity (Wildman–Crippen MR) is 75.3 cm³/mol. The lowest BCUT2D eigenvalue weighted by Crippen LogP contribution is -2.31. The highest BCUT2D eigenvalue weighted by molar-refractivity contribution is 5.97. The standard InChI is InChI=1S/C16H21NO/c1-13-6-8-15(9-7-13)12-16(14(2)18)17-10-4-3-5-11-17/h6-9,12H,3-5,10-11H2,1-2H3/b16-12+. The molecule has 1 aliphatic rings. The van der Waals surface area contributed by atoms with Crippen LogP contribution >= 0.6 is 0 Å². The number of likely N-dealkylation sites (tertiary alicyclic amines) is 1. The summed E-state index contributed by atoms with van der Waals surface area (Å²) in [6.07, 6.45) is 5.69. The average molecular weight is 243 g/mol. The van der Waals surface area contributed by atoms with Gasteiger partial charge in [-0.1, -0.05) is 29.8 Å². The highest BCUT2D eigenvalue weighted by Gasteiger charge is 2.16. The van der Waals surface area contributed by atoms with Gasteiger partial charge in [0.05, 0.1) is 5.70 Å². The van der Waals surface area contributed by atoms with Crippen molar-refractivity contribution in [3.63, 3.8) is 0 Å². The fourth-order valence-corrected chi connectivity index (χ4v) is 2.37. The van der Waals surface area contributed by atoms with Gasteiger partial charge in [-0.2, -0.15) is 0 Å². The molecule has 0 bridgehead atoms. The van der Waals surface area contributed by atoms with Crippen LogP contribution in [0.15, 0.2) is 30.0 Å². The summed E-state index contributed by atoms with van der Waals surface area (Å²) in [4.78, 5) is 14.0. The summed E-state index contributed by atoms with van der Waals surface area (Å²) >= 11 is 0. The molecule has 1 aromatic rings. The number of piperidine rings is 1. The Balaban J connectivity index is 2.23. The van der Waals surface area contributed by atoms with Gasteiger partial charge in [0.15, 0.2) is 5.78 Å². The second-order valence-corrected chi connectivity index (χ2v) is 5.04. The van der Waals surface area contributed by atoms with E-state index in [1.165, 1.54) is 24.8 Å². The van der Waals surface area contributed by atoms with Crippen LogP contribution in [0.1, 0.15) is 37.3 Å². The molecular weight excluding hydrogens is 222 g/mol. The summed E-state index contributed by atoms with van der Waals surface area (Å²) in [5.74, 6) is 0.164. The minimum atomic E-state index is 0.164. The van der Waals surface area contributed by atoms with Crippen LogP contribution < -0.4 is 0 Å². The van der Waals surface area contributed by atoms with Crippen LogP contribution in [0.4, 0.5) is 0 Å². The first kappa shape index (κ1) is 12.9. The number of hydrogen-bond acceptors (Lipinski definition) is 2. The van der Waals surface area contributed by atoms with Gasteiger partial charge in [0.25, 0.3) is 0 Å². The zero-order valence-electron chi connectivity index (χ0n) is 11.3. The predicted octanol–water partition coefficient (Wildman–Crippen LogP) is 3.41. The lowest BCUT2D eigenvalue weighted by atomic mass is 10.1. The lowest BCUT2D eigenvalue weighted by Gasteiger charge is -2.29. The molecule has 2 heteroatoms. The van der Waals surface area contributed by atoms with Crippen molar-refractivity contribution >= 4 is 11.9 Å². The number of hydrogen-bond donors (Lipinski definition) is 0. The van der Waals surface area contributed by atoms with Crippen molar-refractivity contribution in [3.05, 3.63) is 41.1 Å². The van der Waals surface area contributed by atoms with E-state index in [0.717, 1.165) is 24.4 Å². The topological polar surface area (TPSA) is 20.3 Å².